The van der Waals surface area contributed by atoms with Gasteiger partial charge in [0, 0.05) is 13.0 Å². The molecule has 34 heavy (non-hydrogen) atoms. The molecule has 3 N–H and O–H groups in total. The highest BCUT2D eigenvalue weighted by Crippen LogP contribution is 2.87. The van der Waals surface area contributed by atoms with Crippen molar-refractivity contribution in [2.75, 3.05) is 13.2 Å². The van der Waals surface area contributed by atoms with Gasteiger partial charge in [-0.1, -0.05) is 32.1 Å². The van der Waals surface area contributed by atoms with Gasteiger partial charge in [-0.05, 0) is 129 Å². The molecule has 4 aliphatic rings. The molecular formula is C30H48O4. The number of rotatable bonds is 10. The van der Waals surface area contributed by atoms with E-state index in [-0.39, 0.29) is 47.2 Å². The first-order valence-corrected chi connectivity index (χ1v) is 13.8. The van der Waals surface area contributed by atoms with Crippen molar-refractivity contribution in [1.29, 1.82) is 0 Å². The molecule has 0 unspecified atom stereocenters. The van der Waals surface area contributed by atoms with Crippen LogP contribution in [0.15, 0.2) is 23.8 Å². The molecule has 0 bridgehead atoms. The Kier molecular flexibility index (Phi) is 6.92. The highest BCUT2D eigenvalue weighted by Gasteiger charge is 2.80. The maximum Gasteiger partial charge on any atom is 0.303 e. The largest absolute Gasteiger partial charge is 0.481 e. The van der Waals surface area contributed by atoms with Gasteiger partial charge in [-0.25, -0.2) is 0 Å². The first-order chi connectivity index (χ1) is 16.0. The summed E-state index contributed by atoms with van der Waals surface area (Å²) in [5, 5.41) is 29.9. The first kappa shape index (κ1) is 25.9. The van der Waals surface area contributed by atoms with Gasteiger partial charge >= 0.3 is 5.97 Å². The van der Waals surface area contributed by atoms with E-state index < -0.39 is 5.97 Å². The van der Waals surface area contributed by atoms with E-state index in [0.29, 0.717) is 17.8 Å². The summed E-state index contributed by atoms with van der Waals surface area (Å²) in [5.41, 5.74) is 2.95. The van der Waals surface area contributed by atoms with Gasteiger partial charge in [-0.3, -0.25) is 4.79 Å². The van der Waals surface area contributed by atoms with E-state index in [1.807, 2.05) is 0 Å². The predicted molar refractivity (Wildman–Crippen MR) is 136 cm³/mol. The maximum atomic E-state index is 11.6. The Morgan fingerprint density at radius 3 is 2.44 bits per heavy atom. The van der Waals surface area contributed by atoms with Gasteiger partial charge in [-0.2, -0.15) is 0 Å². The van der Waals surface area contributed by atoms with Crippen LogP contribution < -0.4 is 0 Å². The van der Waals surface area contributed by atoms with Crippen molar-refractivity contribution in [1.82, 2.24) is 0 Å². The van der Waals surface area contributed by atoms with Crippen LogP contribution in [0.25, 0.3) is 0 Å². The van der Waals surface area contributed by atoms with Crippen LogP contribution in [0.3, 0.4) is 0 Å². The lowest BCUT2D eigenvalue weighted by Gasteiger charge is -2.61. The molecule has 0 heterocycles. The second-order valence-electron chi connectivity index (χ2n) is 13.2. The summed E-state index contributed by atoms with van der Waals surface area (Å²) in [6, 6.07) is 0. The van der Waals surface area contributed by atoms with Crippen LogP contribution in [0.4, 0.5) is 0 Å². The van der Waals surface area contributed by atoms with E-state index in [4.69, 9.17) is 0 Å². The number of carbonyl (C=O) groups is 1. The van der Waals surface area contributed by atoms with Crippen molar-refractivity contribution in [3.05, 3.63) is 23.8 Å². The molecule has 4 rings (SSSR count). The van der Waals surface area contributed by atoms with Crippen molar-refractivity contribution in [2.24, 2.45) is 45.3 Å². The van der Waals surface area contributed by atoms with E-state index in [0.717, 1.165) is 37.7 Å². The van der Waals surface area contributed by atoms with Gasteiger partial charge in [0.25, 0.3) is 0 Å². The molecule has 0 saturated heterocycles. The second-order valence-corrected chi connectivity index (χ2v) is 13.2. The van der Waals surface area contributed by atoms with Crippen molar-refractivity contribution in [2.45, 2.75) is 98.3 Å². The average molecular weight is 473 g/mol. The smallest absolute Gasteiger partial charge is 0.303 e. The Bertz CT molecular complexity index is 843. The Morgan fingerprint density at radius 2 is 1.82 bits per heavy atom. The number of aliphatic hydroxyl groups is 2. The highest BCUT2D eigenvalue weighted by atomic mass is 16.4. The molecule has 0 radical (unpaired) electrons. The van der Waals surface area contributed by atoms with E-state index in [9.17, 15) is 20.1 Å². The minimum absolute atomic E-state index is 0.0103. The zero-order valence-electron chi connectivity index (χ0n) is 22.0. The predicted octanol–water partition coefficient (Wildman–Crippen LogP) is 6.37. The fraction of sp³-hybridized carbons (Fsp3) is 0.833. The van der Waals surface area contributed by atoms with E-state index in [1.165, 1.54) is 37.7 Å². The maximum absolute atomic E-state index is 11.6. The standard InChI is InChI=1S/C30H48O4/c1-20(2)7-6-8-22(18-32)24-11-13-28(5)25-10-9-23(21(3)17-31)29(14-12-26(33)34)19-30(25,29)16-15-27(24,28)4/h7,22-25,31-32H,3,6,8-19H2,1-2,4-5H3,(H,33,34)/t22-,23+,24-,25+,27+,28+,29-,30+/m1/s1. The van der Waals surface area contributed by atoms with Crippen LogP contribution in [-0.4, -0.2) is 34.5 Å². The summed E-state index contributed by atoms with van der Waals surface area (Å²) in [6.45, 7) is 13.9. The molecule has 4 nitrogen and oxygen atoms in total. The highest BCUT2D eigenvalue weighted by molar-refractivity contribution is 5.67. The number of aliphatic hydroxyl groups excluding tert-OH is 2. The third kappa shape index (κ3) is 3.65. The molecule has 4 heteroatoms. The number of hydrogen-bond donors (Lipinski definition) is 3. The third-order valence-corrected chi connectivity index (χ3v) is 11.9. The molecule has 0 amide bonds. The fourth-order valence-electron chi connectivity index (χ4n) is 10.1. The number of hydrogen-bond acceptors (Lipinski definition) is 3. The molecule has 0 aromatic carbocycles. The minimum Gasteiger partial charge on any atom is -0.481 e. The Morgan fingerprint density at radius 1 is 1.09 bits per heavy atom. The molecule has 4 aliphatic carbocycles. The number of carboxylic acid groups (broad SMARTS) is 1. The summed E-state index contributed by atoms with van der Waals surface area (Å²) < 4.78 is 0. The number of aliphatic carboxylic acids is 1. The zero-order chi connectivity index (χ0) is 24.9. The van der Waals surface area contributed by atoms with Crippen LogP contribution in [-0.2, 0) is 4.79 Å². The minimum atomic E-state index is -0.707. The third-order valence-electron chi connectivity index (χ3n) is 11.9. The summed E-state index contributed by atoms with van der Waals surface area (Å²) >= 11 is 0. The van der Waals surface area contributed by atoms with E-state index in [2.05, 4.69) is 40.3 Å². The molecule has 0 aromatic rings. The van der Waals surface area contributed by atoms with Gasteiger partial charge in [0.1, 0.15) is 0 Å². The zero-order valence-corrected chi connectivity index (χ0v) is 22.0. The molecule has 192 valence electrons. The second kappa shape index (κ2) is 9.07. The molecular weight excluding hydrogens is 424 g/mol. The first-order valence-electron chi connectivity index (χ1n) is 13.8. The van der Waals surface area contributed by atoms with Crippen molar-refractivity contribution in [3.63, 3.8) is 0 Å². The van der Waals surface area contributed by atoms with Gasteiger partial charge in [0.05, 0.1) is 6.61 Å². The Hall–Kier alpha value is -1.13. The molecule has 8 atom stereocenters. The van der Waals surface area contributed by atoms with Gasteiger partial charge < -0.3 is 15.3 Å². The normalized spacial score (nSPS) is 43.3. The Balaban J connectivity index is 1.62. The van der Waals surface area contributed by atoms with Crippen LogP contribution in [0, 0.1) is 45.3 Å². The lowest BCUT2D eigenvalue weighted by atomic mass is 9.43. The van der Waals surface area contributed by atoms with E-state index >= 15 is 0 Å². The molecule has 1 spiro atoms. The summed E-state index contributed by atoms with van der Waals surface area (Å²) in [4.78, 5) is 11.6. The van der Waals surface area contributed by atoms with Crippen LogP contribution in [0.2, 0.25) is 0 Å². The lowest BCUT2D eigenvalue weighted by molar-refractivity contribution is -0.139. The summed E-state index contributed by atoms with van der Waals surface area (Å²) in [5.74, 6) is 1.08. The SMILES string of the molecule is C=C(CO)[C@@H]1CC[C@@H]2[C@]3(CC[C@@]4(C)[C@@H]([C@@H](CO)CCC=C(C)C)CC[C@@]24C)C[C@]13CCC(=O)O. The Labute approximate surface area is 206 Å². The molecule has 4 saturated carbocycles. The summed E-state index contributed by atoms with van der Waals surface area (Å²) in [7, 11) is 0. The van der Waals surface area contributed by atoms with Gasteiger partial charge in [0.2, 0.25) is 0 Å². The van der Waals surface area contributed by atoms with Crippen molar-refractivity contribution in [3.8, 4) is 0 Å². The topological polar surface area (TPSA) is 77.8 Å². The van der Waals surface area contributed by atoms with Crippen molar-refractivity contribution >= 4 is 5.97 Å². The number of carboxylic acids is 1. The quantitative estimate of drug-likeness (QED) is 0.323. The van der Waals surface area contributed by atoms with E-state index in [1.54, 1.807) is 0 Å². The monoisotopic (exact) mass is 472 g/mol. The number of fused-ring (bicyclic) bond motifs is 2. The molecule has 4 fully saturated rings. The summed E-state index contributed by atoms with van der Waals surface area (Å²) in [6.07, 6.45) is 13.4. The fourth-order valence-corrected chi connectivity index (χ4v) is 10.1. The number of allylic oxidation sites excluding steroid dienone is 2. The van der Waals surface area contributed by atoms with Crippen LogP contribution in [0.5, 0.6) is 0 Å². The van der Waals surface area contributed by atoms with Crippen LogP contribution >= 0.6 is 0 Å². The molecule has 0 aliphatic heterocycles. The average Bonchev–Trinajstić information content (AvgIpc) is 3.39. The van der Waals surface area contributed by atoms with Crippen molar-refractivity contribution < 1.29 is 20.1 Å². The van der Waals surface area contributed by atoms with Crippen LogP contribution in [0.1, 0.15) is 98.3 Å². The van der Waals surface area contributed by atoms with Gasteiger partial charge in [0.15, 0.2) is 0 Å². The molecule has 0 aromatic heterocycles. The van der Waals surface area contributed by atoms with Gasteiger partial charge in [-0.15, -0.1) is 0 Å². The lowest BCUT2D eigenvalue weighted by Crippen LogP contribution is -2.54.